The lowest BCUT2D eigenvalue weighted by molar-refractivity contribution is 0.262. The number of hydrogen-bond acceptors (Lipinski definition) is 4. The van der Waals surface area contributed by atoms with Crippen LogP contribution in [0.1, 0.15) is 19.9 Å². The average molecular weight is 401 g/mol. The minimum Gasteiger partial charge on any atom is -0.310 e. The molecule has 0 spiro atoms. The van der Waals surface area contributed by atoms with Crippen LogP contribution in [0.15, 0.2) is 53.3 Å². The number of benzene rings is 1. The summed E-state index contributed by atoms with van der Waals surface area (Å²) < 4.78 is 2.87. The fourth-order valence-electron chi connectivity index (χ4n) is 2.24. The second kappa shape index (κ2) is 7.43. The number of aromatic nitrogens is 4. The van der Waals surface area contributed by atoms with Gasteiger partial charge in [0.1, 0.15) is 17.8 Å². The van der Waals surface area contributed by atoms with Gasteiger partial charge in [0.15, 0.2) is 5.82 Å². The van der Waals surface area contributed by atoms with Crippen molar-refractivity contribution in [3.63, 3.8) is 0 Å². The van der Waals surface area contributed by atoms with Crippen LogP contribution in [0.5, 0.6) is 0 Å². The molecular weight excluding hydrogens is 384 g/mol. The molecule has 0 saturated carbocycles. The van der Waals surface area contributed by atoms with Crippen molar-refractivity contribution in [2.45, 2.75) is 19.9 Å². The number of nitrogens with zero attached hydrogens (tertiary/aromatic N) is 4. The zero-order valence-electron chi connectivity index (χ0n) is 13.8. The normalized spacial score (nSPS) is 10.7. The number of rotatable bonds is 4. The van der Waals surface area contributed by atoms with Gasteiger partial charge < -0.3 is 9.88 Å². The number of anilines is 2. The molecular formula is C17H17BrN6O. The van der Waals surface area contributed by atoms with Gasteiger partial charge in [-0.2, -0.15) is 0 Å². The standard InChI is InChI=1S/C17H17BrN6O/c1-11(2)24-10-19-23-16(24)14-4-3-5-15(21-14)22-17(25)20-13-8-6-12(18)7-9-13/h3-11H,1-2H3,(H2,20,21,22,25). The summed E-state index contributed by atoms with van der Waals surface area (Å²) in [4.78, 5) is 16.6. The number of halogens is 1. The van der Waals surface area contributed by atoms with Gasteiger partial charge in [0.2, 0.25) is 0 Å². The first kappa shape index (κ1) is 17.1. The molecule has 0 radical (unpaired) electrons. The van der Waals surface area contributed by atoms with Crippen molar-refractivity contribution in [2.75, 3.05) is 10.6 Å². The SMILES string of the molecule is CC(C)n1cnnc1-c1cccc(NC(=O)Nc2ccc(Br)cc2)n1. The van der Waals surface area contributed by atoms with E-state index >= 15 is 0 Å². The summed E-state index contributed by atoms with van der Waals surface area (Å²) in [5.74, 6) is 1.09. The number of amides is 2. The molecule has 2 amide bonds. The number of carbonyl (C=O) groups is 1. The summed E-state index contributed by atoms with van der Waals surface area (Å²) >= 11 is 3.36. The molecule has 0 atom stereocenters. The molecule has 25 heavy (non-hydrogen) atoms. The second-order valence-electron chi connectivity index (χ2n) is 5.65. The summed E-state index contributed by atoms with van der Waals surface area (Å²) in [6, 6.07) is 12.5. The highest BCUT2D eigenvalue weighted by Crippen LogP contribution is 2.20. The fourth-order valence-corrected chi connectivity index (χ4v) is 2.51. The molecule has 0 saturated heterocycles. The first-order chi connectivity index (χ1) is 12.0. The Bertz CT molecular complexity index is 875. The monoisotopic (exact) mass is 400 g/mol. The molecule has 0 aliphatic carbocycles. The van der Waals surface area contributed by atoms with Crippen molar-refractivity contribution >= 4 is 33.5 Å². The van der Waals surface area contributed by atoms with Crippen LogP contribution in [-0.4, -0.2) is 25.8 Å². The summed E-state index contributed by atoms with van der Waals surface area (Å²) in [6.45, 7) is 4.08. The van der Waals surface area contributed by atoms with Crippen LogP contribution in [0.4, 0.5) is 16.3 Å². The molecule has 2 heterocycles. The molecule has 7 nitrogen and oxygen atoms in total. The highest BCUT2D eigenvalue weighted by atomic mass is 79.9. The first-order valence-corrected chi connectivity index (χ1v) is 8.53. The van der Waals surface area contributed by atoms with E-state index in [1.54, 1.807) is 24.5 Å². The molecule has 0 unspecified atom stereocenters. The summed E-state index contributed by atoms with van der Waals surface area (Å²) in [6.07, 6.45) is 1.67. The van der Waals surface area contributed by atoms with Crippen LogP contribution in [0.3, 0.4) is 0 Å². The van der Waals surface area contributed by atoms with Crippen LogP contribution < -0.4 is 10.6 Å². The van der Waals surface area contributed by atoms with Crippen LogP contribution in [0.2, 0.25) is 0 Å². The average Bonchev–Trinajstić information content (AvgIpc) is 3.07. The lowest BCUT2D eigenvalue weighted by Gasteiger charge is -2.11. The van der Waals surface area contributed by atoms with E-state index in [2.05, 4.69) is 41.7 Å². The van der Waals surface area contributed by atoms with Gasteiger partial charge in [-0.25, -0.2) is 9.78 Å². The molecule has 0 fully saturated rings. The first-order valence-electron chi connectivity index (χ1n) is 7.73. The molecule has 3 aromatic rings. The van der Waals surface area contributed by atoms with Gasteiger partial charge in [0.05, 0.1) is 0 Å². The Morgan fingerprint density at radius 2 is 1.88 bits per heavy atom. The Hall–Kier alpha value is -2.74. The second-order valence-corrected chi connectivity index (χ2v) is 6.57. The van der Waals surface area contributed by atoms with E-state index in [0.29, 0.717) is 23.0 Å². The zero-order valence-corrected chi connectivity index (χ0v) is 15.4. The van der Waals surface area contributed by atoms with Gasteiger partial charge in [0, 0.05) is 16.2 Å². The Kier molecular flexibility index (Phi) is 5.08. The van der Waals surface area contributed by atoms with E-state index in [0.717, 1.165) is 4.47 Å². The van der Waals surface area contributed by atoms with E-state index in [1.807, 2.05) is 42.7 Å². The van der Waals surface area contributed by atoms with Crippen LogP contribution in [-0.2, 0) is 0 Å². The zero-order chi connectivity index (χ0) is 17.8. The quantitative estimate of drug-likeness (QED) is 0.682. The van der Waals surface area contributed by atoms with Crippen molar-refractivity contribution in [2.24, 2.45) is 0 Å². The highest BCUT2D eigenvalue weighted by molar-refractivity contribution is 9.10. The molecule has 3 rings (SSSR count). The minimum absolute atomic E-state index is 0.212. The Labute approximate surface area is 153 Å². The molecule has 8 heteroatoms. The number of carbonyl (C=O) groups excluding carboxylic acids is 1. The molecule has 128 valence electrons. The Morgan fingerprint density at radius 3 is 2.60 bits per heavy atom. The van der Waals surface area contributed by atoms with Crippen molar-refractivity contribution < 1.29 is 4.79 Å². The lowest BCUT2D eigenvalue weighted by atomic mass is 10.3. The molecule has 0 aliphatic rings. The van der Waals surface area contributed by atoms with Crippen LogP contribution >= 0.6 is 15.9 Å². The van der Waals surface area contributed by atoms with Gasteiger partial charge in [-0.3, -0.25) is 5.32 Å². The van der Waals surface area contributed by atoms with Crippen LogP contribution in [0.25, 0.3) is 11.5 Å². The highest BCUT2D eigenvalue weighted by Gasteiger charge is 2.12. The van der Waals surface area contributed by atoms with Crippen molar-refractivity contribution in [1.82, 2.24) is 19.7 Å². The third kappa shape index (κ3) is 4.21. The summed E-state index contributed by atoms with van der Waals surface area (Å²) in [5.41, 5.74) is 1.34. The molecule has 1 aromatic carbocycles. The Balaban J connectivity index is 1.74. The lowest BCUT2D eigenvalue weighted by Crippen LogP contribution is -2.20. The van der Waals surface area contributed by atoms with Crippen molar-refractivity contribution in [3.05, 3.63) is 53.3 Å². The van der Waals surface area contributed by atoms with Crippen molar-refractivity contribution in [3.8, 4) is 11.5 Å². The largest absolute Gasteiger partial charge is 0.324 e. The predicted octanol–water partition coefficient (Wildman–Crippen LogP) is 4.33. The van der Waals surface area contributed by atoms with Crippen LogP contribution in [0, 0.1) is 0 Å². The third-order valence-electron chi connectivity index (χ3n) is 3.45. The maximum atomic E-state index is 12.1. The van der Waals surface area contributed by atoms with E-state index < -0.39 is 0 Å². The molecule has 0 aliphatic heterocycles. The number of hydrogen-bond donors (Lipinski definition) is 2. The van der Waals surface area contributed by atoms with Crippen molar-refractivity contribution in [1.29, 1.82) is 0 Å². The Morgan fingerprint density at radius 1 is 1.12 bits per heavy atom. The molecule has 2 N–H and O–H groups in total. The topological polar surface area (TPSA) is 84.7 Å². The smallest absolute Gasteiger partial charge is 0.310 e. The van der Waals surface area contributed by atoms with Gasteiger partial charge >= 0.3 is 6.03 Å². The van der Waals surface area contributed by atoms with E-state index in [-0.39, 0.29) is 12.1 Å². The van der Waals surface area contributed by atoms with Gasteiger partial charge in [-0.1, -0.05) is 22.0 Å². The fraction of sp³-hybridized carbons (Fsp3) is 0.176. The molecule has 0 bridgehead atoms. The predicted molar refractivity (Wildman–Crippen MR) is 100 cm³/mol. The van der Waals surface area contributed by atoms with Gasteiger partial charge in [-0.05, 0) is 50.2 Å². The number of pyridine rings is 1. The van der Waals surface area contributed by atoms with E-state index in [4.69, 9.17) is 0 Å². The van der Waals surface area contributed by atoms with E-state index in [1.165, 1.54) is 0 Å². The number of urea groups is 1. The number of nitrogens with one attached hydrogen (secondary N) is 2. The van der Waals surface area contributed by atoms with Gasteiger partial charge in [0.25, 0.3) is 0 Å². The summed E-state index contributed by atoms with van der Waals surface area (Å²) in [5, 5.41) is 13.5. The maximum absolute atomic E-state index is 12.1. The van der Waals surface area contributed by atoms with Gasteiger partial charge in [-0.15, -0.1) is 10.2 Å². The molecule has 2 aromatic heterocycles. The summed E-state index contributed by atoms with van der Waals surface area (Å²) in [7, 11) is 0. The minimum atomic E-state index is -0.364. The maximum Gasteiger partial charge on any atom is 0.324 e. The third-order valence-corrected chi connectivity index (χ3v) is 3.98. The van der Waals surface area contributed by atoms with E-state index in [9.17, 15) is 4.79 Å².